The van der Waals surface area contributed by atoms with E-state index in [-0.39, 0.29) is 36.4 Å². The van der Waals surface area contributed by atoms with Crippen LogP contribution in [0.15, 0.2) is 60.0 Å². The van der Waals surface area contributed by atoms with Gasteiger partial charge in [0.05, 0.1) is 44.5 Å². The molecule has 0 bridgehead atoms. The lowest BCUT2D eigenvalue weighted by Crippen LogP contribution is -2.58. The molecule has 0 spiro atoms. The van der Waals surface area contributed by atoms with Crippen LogP contribution in [0.1, 0.15) is 47.1 Å². The summed E-state index contributed by atoms with van der Waals surface area (Å²) in [4.78, 5) is 54.9. The van der Waals surface area contributed by atoms with Gasteiger partial charge in [-0.15, -0.1) is 11.3 Å². The molecule has 12 heteroatoms. The molecule has 3 unspecified atom stereocenters. The number of carbonyl (C=O) groups is 4. The second kappa shape index (κ2) is 14.1. The van der Waals surface area contributed by atoms with Gasteiger partial charge in [-0.05, 0) is 61.2 Å². The molecular formula is C31H36N4O7S. The maximum absolute atomic E-state index is 13.4. The molecule has 3 aromatic rings. The summed E-state index contributed by atoms with van der Waals surface area (Å²) in [6.45, 7) is 4.78. The second-order valence-corrected chi connectivity index (χ2v) is 11.4. The first-order chi connectivity index (χ1) is 20.6. The molecule has 1 saturated heterocycles. The first kappa shape index (κ1) is 31.4. The summed E-state index contributed by atoms with van der Waals surface area (Å²) < 4.78 is 10.1. The van der Waals surface area contributed by atoms with E-state index < -0.39 is 24.0 Å². The number of carboxylic acids is 1. The van der Waals surface area contributed by atoms with Gasteiger partial charge >= 0.3 is 12.1 Å². The Morgan fingerprint density at radius 2 is 1.77 bits per heavy atom. The number of anilines is 2. The highest BCUT2D eigenvalue weighted by Gasteiger charge is 2.34. The number of nitrogens with one attached hydrogen (secondary N) is 2. The van der Waals surface area contributed by atoms with Gasteiger partial charge in [-0.3, -0.25) is 14.4 Å². The number of hydrogen-bond donors (Lipinski definition) is 3. The highest BCUT2D eigenvalue weighted by molar-refractivity contribution is 7.10. The lowest BCUT2D eigenvalue weighted by atomic mass is 10.0. The number of methoxy groups -OCH3 is 2. The third-order valence-corrected chi connectivity index (χ3v) is 8.32. The van der Waals surface area contributed by atoms with E-state index in [1.54, 1.807) is 54.5 Å². The molecule has 1 aromatic heterocycles. The average molecular weight is 609 g/mol. The van der Waals surface area contributed by atoms with E-state index in [9.17, 15) is 24.3 Å². The van der Waals surface area contributed by atoms with Crippen molar-refractivity contribution in [2.75, 3.05) is 37.5 Å². The van der Waals surface area contributed by atoms with Crippen LogP contribution in [0.2, 0.25) is 0 Å². The Balaban J connectivity index is 1.62. The topological polar surface area (TPSA) is 138 Å². The van der Waals surface area contributed by atoms with Crippen molar-refractivity contribution in [3.8, 4) is 5.75 Å². The third kappa shape index (κ3) is 7.83. The van der Waals surface area contributed by atoms with Crippen LogP contribution >= 0.6 is 11.3 Å². The predicted molar refractivity (Wildman–Crippen MR) is 164 cm³/mol. The molecule has 11 nitrogen and oxygen atoms in total. The standard InChI is InChI=1S/C31H36N4O7S/c1-19-18-35(31(40)42-4)20(2)17-34(19)26-12-9-22(30(39)33-25(16-29(37)38)27-6-5-13-43-27)15-24(26)32-28(36)14-21-7-10-23(41-3)11-8-21/h5-13,15,19-20,25H,14,16-18H2,1-4H3,(H,32,36)(H,33,39)(H,37,38). The molecule has 0 radical (unpaired) electrons. The van der Waals surface area contributed by atoms with Crippen LogP contribution in [-0.4, -0.2) is 73.3 Å². The van der Waals surface area contributed by atoms with Gasteiger partial charge in [-0.25, -0.2) is 4.79 Å². The van der Waals surface area contributed by atoms with Crippen LogP contribution in [0.4, 0.5) is 16.2 Å². The largest absolute Gasteiger partial charge is 0.497 e. The number of benzene rings is 2. The minimum absolute atomic E-state index is 0.0982. The number of piperazine rings is 1. The zero-order chi connectivity index (χ0) is 31.1. The number of thiophene rings is 1. The Hall–Kier alpha value is -4.58. The molecule has 0 aliphatic carbocycles. The van der Waals surface area contributed by atoms with Gasteiger partial charge in [0.15, 0.2) is 0 Å². The number of amides is 3. The number of rotatable bonds is 10. The van der Waals surface area contributed by atoms with Crippen molar-refractivity contribution in [3.63, 3.8) is 0 Å². The summed E-state index contributed by atoms with van der Waals surface area (Å²) in [6, 6.07) is 14.8. The lowest BCUT2D eigenvalue weighted by Gasteiger charge is -2.45. The van der Waals surface area contributed by atoms with Gasteiger partial charge in [0.25, 0.3) is 5.91 Å². The second-order valence-electron chi connectivity index (χ2n) is 10.4. The van der Waals surface area contributed by atoms with E-state index in [0.29, 0.717) is 30.2 Å². The Morgan fingerprint density at radius 1 is 1.02 bits per heavy atom. The van der Waals surface area contributed by atoms with E-state index in [1.807, 2.05) is 31.4 Å². The fraction of sp³-hybridized carbons (Fsp3) is 0.355. The fourth-order valence-corrected chi connectivity index (χ4v) is 5.89. The molecule has 2 heterocycles. The summed E-state index contributed by atoms with van der Waals surface area (Å²) >= 11 is 1.36. The minimum Gasteiger partial charge on any atom is -0.497 e. The predicted octanol–water partition coefficient (Wildman–Crippen LogP) is 4.55. The van der Waals surface area contributed by atoms with Crippen LogP contribution in [0, 0.1) is 0 Å². The van der Waals surface area contributed by atoms with E-state index >= 15 is 0 Å². The smallest absolute Gasteiger partial charge is 0.409 e. The van der Waals surface area contributed by atoms with Gasteiger partial charge in [0, 0.05) is 35.6 Å². The van der Waals surface area contributed by atoms with E-state index in [4.69, 9.17) is 9.47 Å². The first-order valence-electron chi connectivity index (χ1n) is 13.8. The summed E-state index contributed by atoms with van der Waals surface area (Å²) in [5.41, 5.74) is 2.19. The van der Waals surface area contributed by atoms with Gasteiger partial charge in [0.2, 0.25) is 5.91 Å². The Morgan fingerprint density at radius 3 is 2.40 bits per heavy atom. The maximum atomic E-state index is 13.4. The minimum atomic E-state index is -1.03. The first-order valence-corrected chi connectivity index (χ1v) is 14.7. The number of nitrogens with zero attached hydrogens (tertiary/aromatic N) is 2. The number of aliphatic carboxylic acids is 1. The molecule has 3 atom stereocenters. The molecule has 1 aliphatic rings. The zero-order valence-corrected chi connectivity index (χ0v) is 25.3. The van der Waals surface area contributed by atoms with Crippen LogP contribution in [0.5, 0.6) is 5.75 Å². The molecule has 1 aliphatic heterocycles. The molecule has 4 rings (SSSR count). The molecule has 1 fully saturated rings. The van der Waals surface area contributed by atoms with Crippen molar-refractivity contribution in [2.24, 2.45) is 0 Å². The van der Waals surface area contributed by atoms with Gasteiger partial charge in [-0.2, -0.15) is 0 Å². The third-order valence-electron chi connectivity index (χ3n) is 7.33. The molecule has 3 N–H and O–H groups in total. The van der Waals surface area contributed by atoms with Gasteiger partial charge in [0.1, 0.15) is 5.75 Å². The summed E-state index contributed by atoms with van der Waals surface area (Å²) in [5, 5.41) is 17.1. The molecule has 228 valence electrons. The normalized spacial score (nSPS) is 17.1. The van der Waals surface area contributed by atoms with Gasteiger partial charge in [-0.1, -0.05) is 18.2 Å². The summed E-state index contributed by atoms with van der Waals surface area (Å²) in [5.74, 6) is -1.09. The Bertz CT molecular complexity index is 1440. The Kier molecular flexibility index (Phi) is 10.3. The van der Waals surface area contributed by atoms with Crippen molar-refractivity contribution in [1.82, 2.24) is 10.2 Å². The fourth-order valence-electron chi connectivity index (χ4n) is 5.11. The van der Waals surface area contributed by atoms with Crippen molar-refractivity contribution in [2.45, 2.75) is 44.8 Å². The summed E-state index contributed by atoms with van der Waals surface area (Å²) in [7, 11) is 2.93. The van der Waals surface area contributed by atoms with Crippen molar-refractivity contribution < 1.29 is 33.8 Å². The number of ether oxygens (including phenoxy) is 2. The molecule has 0 saturated carbocycles. The average Bonchev–Trinajstić information content (AvgIpc) is 3.53. The number of hydrogen-bond acceptors (Lipinski definition) is 8. The highest BCUT2D eigenvalue weighted by Crippen LogP contribution is 2.33. The van der Waals surface area contributed by atoms with Crippen molar-refractivity contribution in [3.05, 3.63) is 76.0 Å². The quantitative estimate of drug-likeness (QED) is 0.305. The Labute approximate surface area is 254 Å². The van der Waals surface area contributed by atoms with Crippen LogP contribution < -0.4 is 20.3 Å². The van der Waals surface area contributed by atoms with E-state index in [1.165, 1.54) is 18.4 Å². The van der Waals surface area contributed by atoms with Crippen LogP contribution in [-0.2, 0) is 20.7 Å². The maximum Gasteiger partial charge on any atom is 0.409 e. The SMILES string of the molecule is COC(=O)N1CC(C)N(c2ccc(C(=O)NC(CC(=O)O)c3cccs3)cc2NC(=O)Cc2ccc(OC)cc2)CC1C. The van der Waals surface area contributed by atoms with E-state index in [2.05, 4.69) is 15.5 Å². The highest BCUT2D eigenvalue weighted by atomic mass is 32.1. The van der Waals surface area contributed by atoms with Gasteiger partial charge < -0.3 is 35.0 Å². The molecular weight excluding hydrogens is 572 g/mol. The summed E-state index contributed by atoms with van der Waals surface area (Å²) in [6.07, 6.45) is -0.572. The lowest BCUT2D eigenvalue weighted by molar-refractivity contribution is -0.137. The monoisotopic (exact) mass is 608 g/mol. The van der Waals surface area contributed by atoms with Crippen molar-refractivity contribution >= 4 is 46.6 Å². The zero-order valence-electron chi connectivity index (χ0n) is 24.5. The van der Waals surface area contributed by atoms with E-state index in [0.717, 1.165) is 10.4 Å². The van der Waals surface area contributed by atoms with Crippen molar-refractivity contribution in [1.29, 1.82) is 0 Å². The molecule has 3 amide bonds. The molecule has 2 aromatic carbocycles. The number of carboxylic acid groups (broad SMARTS) is 1. The molecule has 43 heavy (non-hydrogen) atoms. The van der Waals surface area contributed by atoms with Crippen LogP contribution in [0.3, 0.4) is 0 Å². The van der Waals surface area contributed by atoms with Crippen LogP contribution in [0.25, 0.3) is 0 Å². The number of carbonyl (C=O) groups excluding carboxylic acids is 3.